The quantitative estimate of drug-likeness (QED) is 0.0540. The van der Waals surface area contributed by atoms with Crippen molar-refractivity contribution in [2.45, 2.75) is 269 Å². The zero-order chi connectivity index (χ0) is 70.2. The van der Waals surface area contributed by atoms with Crippen LogP contribution in [-0.2, 0) is 40.8 Å². The van der Waals surface area contributed by atoms with E-state index in [0.717, 1.165) is 50.9 Å². The number of carbonyl (C=O) groups is 4. The van der Waals surface area contributed by atoms with Crippen LogP contribution in [0, 0.1) is 17.3 Å². The maximum Gasteiger partial charge on any atom is 0.223 e. The van der Waals surface area contributed by atoms with Crippen LogP contribution >= 0.6 is 0 Å². The molecular formula is C87H138N8O4. The van der Waals surface area contributed by atoms with E-state index in [2.05, 4.69) is 199 Å². The second-order valence-corrected chi connectivity index (χ2v) is 33.7. The van der Waals surface area contributed by atoms with Gasteiger partial charge in [0, 0.05) is 49.8 Å². The number of allylic oxidation sites excluding steroid dienone is 2. The Labute approximate surface area is 605 Å². The number of nitrogens with one attached hydrogen (secondary N) is 4. The van der Waals surface area contributed by atoms with Crippen molar-refractivity contribution >= 4 is 23.6 Å². The van der Waals surface area contributed by atoms with Gasteiger partial charge < -0.3 is 40.9 Å². The van der Waals surface area contributed by atoms with E-state index in [1.54, 1.807) is 20.8 Å². The lowest BCUT2D eigenvalue weighted by Crippen LogP contribution is -2.47. The lowest BCUT2D eigenvalue weighted by atomic mass is 9.63. The van der Waals surface area contributed by atoms with Crippen LogP contribution in [0.25, 0.3) is 0 Å². The molecular weight excluding hydrogens is 1220 g/mol. The van der Waals surface area contributed by atoms with Gasteiger partial charge in [0.1, 0.15) is 0 Å². The summed E-state index contributed by atoms with van der Waals surface area (Å²) in [5.74, 6) is 1.59. The Morgan fingerprint density at radius 1 is 0.455 bits per heavy atom. The van der Waals surface area contributed by atoms with Crippen molar-refractivity contribution in [2.75, 3.05) is 78.5 Å². The van der Waals surface area contributed by atoms with Gasteiger partial charge in [-0.2, -0.15) is 0 Å². The number of benzene rings is 4. The molecule has 5 aliphatic carbocycles. The molecule has 4 aliphatic heterocycles. The summed E-state index contributed by atoms with van der Waals surface area (Å²) in [6.07, 6.45) is 33.7. The molecule has 4 heterocycles. The highest BCUT2D eigenvalue weighted by atomic mass is 16.2. The van der Waals surface area contributed by atoms with Crippen molar-refractivity contribution in [3.05, 3.63) is 154 Å². The first-order valence-electron chi connectivity index (χ1n) is 39.7. The number of rotatable bonds is 19. The Balaban J connectivity index is 0.000000214. The van der Waals surface area contributed by atoms with Gasteiger partial charge in [-0.3, -0.25) is 19.2 Å². The molecule has 4 amide bonds. The largest absolute Gasteiger partial charge is 0.350 e. The first-order valence-corrected chi connectivity index (χ1v) is 39.7. The Kier molecular flexibility index (Phi) is 26.9. The molecule has 13 rings (SSSR count). The molecule has 4 aromatic carbocycles. The Bertz CT molecular complexity index is 3300. The lowest BCUT2D eigenvalue weighted by molar-refractivity contribution is -0.123. The predicted octanol–water partition coefficient (Wildman–Crippen LogP) is 18.0. The molecule has 0 unspecified atom stereocenters. The van der Waals surface area contributed by atoms with E-state index < -0.39 is 0 Å². The number of piperidine rings is 4. The van der Waals surface area contributed by atoms with Gasteiger partial charge >= 0.3 is 0 Å². The van der Waals surface area contributed by atoms with Gasteiger partial charge in [-0.15, -0.1) is 0 Å². The summed E-state index contributed by atoms with van der Waals surface area (Å²) in [5.41, 5.74) is 13.0. The minimum absolute atomic E-state index is 0. The van der Waals surface area contributed by atoms with Crippen LogP contribution in [0.4, 0.5) is 0 Å². The first kappa shape index (κ1) is 76.0. The van der Waals surface area contributed by atoms with Gasteiger partial charge in [0.25, 0.3) is 0 Å². The standard InChI is InChI=1S/C25H38N2O.C22H32N2O.C21H32N2O.C19H28N2O.4H2/c1-3-4-5-6-7-8-9-12-17-27-18-15-25(16-19-27)20-24(26-21(2)28)22-13-10-11-14-23(22)25;1-16(2)9-12-24-13-10-22(11-14-24)15-20(23-21(25)17-7-8-17)18-5-3-4-6-19(18)22;1-16(24)22-19-9-10-21(18-8-6-5-7-17(18)19)11-13-23(14-12-21)15-20(2,3)4;1-3-12-21-13-10-19(11-14-21)9-8-18(20-15(2)22)16-6-4-5-7-17(16)19;;;;/h4-5,10-11,13-14,24H,3,6-9,12,15-20H2,1-2H3,(H,26,28);3-6,16-17,20H,7-15H2,1-2H3,(H,23,25);5-8,19H,9-15H2,1-4H3,(H,22,24);4-7,18H,3,8-14H2,1-2H3,(H,20,22);4*1H/b5-4-;;;;;;;/t24-;20-;19-;18-;;;;/m0000..../s1. The normalized spacial score (nSPS) is 23.5. The summed E-state index contributed by atoms with van der Waals surface area (Å²) < 4.78 is 0. The number of amides is 4. The van der Waals surface area contributed by atoms with Crippen LogP contribution in [0.15, 0.2) is 109 Å². The number of unbranched alkanes of at least 4 members (excludes halogenated alkanes) is 4. The third kappa shape index (κ3) is 20.0. The van der Waals surface area contributed by atoms with Crippen molar-refractivity contribution in [2.24, 2.45) is 17.3 Å². The van der Waals surface area contributed by atoms with E-state index in [1.807, 2.05) is 0 Å². The summed E-state index contributed by atoms with van der Waals surface area (Å²) >= 11 is 0. The molecule has 12 nitrogen and oxygen atoms in total. The van der Waals surface area contributed by atoms with E-state index >= 15 is 0 Å². The minimum atomic E-state index is 0. The monoisotopic (exact) mass is 1360 g/mol. The van der Waals surface area contributed by atoms with Crippen LogP contribution in [-0.4, -0.2) is 122 Å². The van der Waals surface area contributed by atoms with Crippen LogP contribution in [0.2, 0.25) is 0 Å². The molecule has 0 aromatic heterocycles. The molecule has 4 atom stereocenters. The maximum absolute atomic E-state index is 12.3. The highest BCUT2D eigenvalue weighted by Gasteiger charge is 2.49. The lowest BCUT2D eigenvalue weighted by Gasteiger charge is -2.48. The Hall–Kier alpha value is -5.66. The third-order valence-corrected chi connectivity index (χ3v) is 24.6. The van der Waals surface area contributed by atoms with Crippen molar-refractivity contribution < 1.29 is 24.9 Å². The SMILES string of the molecule is CC(=O)N[C@H]1CCC2(CCN(CC(C)(C)C)CC2)c2ccccc21.CC(C)CCN1CCC2(CC1)C[C@H](NC(=O)C1CC1)c1ccccc12.CC/C=C\CCCCCCN1CCC2(CC1)C[C@H](NC(C)=O)c1ccccc12.CCCN1CCC2(CC[C@H](NC(C)=O)c3ccccc32)CC1.[HH].[HH].[HH].[HH]. The fraction of sp³-hybridized carbons (Fsp3) is 0.655. The summed E-state index contributed by atoms with van der Waals surface area (Å²) in [5, 5.41) is 12.8. The van der Waals surface area contributed by atoms with Crippen LogP contribution in [0.5, 0.6) is 0 Å². The van der Waals surface area contributed by atoms with Crippen molar-refractivity contribution in [3.63, 3.8) is 0 Å². The highest BCUT2D eigenvalue weighted by molar-refractivity contribution is 5.81. The summed E-state index contributed by atoms with van der Waals surface area (Å²) in [6, 6.07) is 36.1. The second-order valence-electron chi connectivity index (χ2n) is 33.7. The summed E-state index contributed by atoms with van der Waals surface area (Å²) in [4.78, 5) is 57.6. The van der Waals surface area contributed by atoms with Crippen LogP contribution in [0.3, 0.4) is 0 Å². The molecule has 0 radical (unpaired) electrons. The molecule has 4 spiro atoms. The maximum atomic E-state index is 12.3. The van der Waals surface area contributed by atoms with E-state index in [0.29, 0.717) is 22.2 Å². The van der Waals surface area contributed by atoms with Crippen LogP contribution < -0.4 is 21.3 Å². The second kappa shape index (κ2) is 35.0. The zero-order valence-corrected chi connectivity index (χ0v) is 63.2. The average Bonchev–Trinajstić information content (AvgIpc) is 1.75. The molecule has 12 heteroatoms. The van der Waals surface area contributed by atoms with Gasteiger partial charge in [0.15, 0.2) is 0 Å². The van der Waals surface area contributed by atoms with Crippen LogP contribution in [0.1, 0.15) is 298 Å². The van der Waals surface area contributed by atoms with Gasteiger partial charge in [0.2, 0.25) is 23.6 Å². The Morgan fingerprint density at radius 2 is 0.828 bits per heavy atom. The topological polar surface area (TPSA) is 129 Å². The van der Waals surface area contributed by atoms with Crippen molar-refractivity contribution in [1.29, 1.82) is 0 Å². The van der Waals surface area contributed by atoms with E-state index in [1.165, 1.54) is 232 Å². The van der Waals surface area contributed by atoms with E-state index in [-0.39, 0.29) is 64.3 Å². The van der Waals surface area contributed by atoms with Gasteiger partial charge in [-0.05, 0) is 280 Å². The number of hydrogen-bond acceptors (Lipinski definition) is 8. The van der Waals surface area contributed by atoms with E-state index in [4.69, 9.17) is 0 Å². The molecule has 4 N–H and O–H groups in total. The Morgan fingerprint density at radius 3 is 1.24 bits per heavy atom. The van der Waals surface area contributed by atoms with Crippen molar-refractivity contribution in [3.8, 4) is 0 Å². The van der Waals surface area contributed by atoms with Gasteiger partial charge in [-0.25, -0.2) is 0 Å². The summed E-state index contributed by atoms with van der Waals surface area (Å²) in [6.45, 7) is 35.4. The number of hydrogen-bond donors (Lipinski definition) is 4. The van der Waals surface area contributed by atoms with Crippen molar-refractivity contribution in [1.82, 2.24) is 40.9 Å². The molecule has 0 bridgehead atoms. The van der Waals surface area contributed by atoms with Gasteiger partial charge in [0.05, 0.1) is 24.2 Å². The smallest absolute Gasteiger partial charge is 0.223 e. The molecule has 5 fully saturated rings. The fourth-order valence-electron chi connectivity index (χ4n) is 19.1. The number of likely N-dealkylation sites (tertiary alicyclic amines) is 4. The fourth-order valence-corrected chi connectivity index (χ4v) is 19.1. The third-order valence-electron chi connectivity index (χ3n) is 24.6. The first-order chi connectivity index (χ1) is 47.6. The van der Waals surface area contributed by atoms with E-state index in [9.17, 15) is 19.2 Å². The minimum Gasteiger partial charge on any atom is -0.350 e. The summed E-state index contributed by atoms with van der Waals surface area (Å²) in [7, 11) is 0. The number of nitrogens with zero attached hydrogens (tertiary/aromatic N) is 4. The molecule has 9 aliphatic rings. The number of carbonyl (C=O) groups excluding carboxylic acids is 4. The molecule has 99 heavy (non-hydrogen) atoms. The predicted molar refractivity (Wildman–Crippen MR) is 416 cm³/mol. The molecule has 550 valence electrons. The number of fused-ring (bicyclic) bond motifs is 8. The molecule has 4 saturated heterocycles. The molecule has 4 aromatic rings. The zero-order valence-electron chi connectivity index (χ0n) is 63.2. The highest BCUT2D eigenvalue weighted by Crippen LogP contribution is 2.54. The molecule has 1 saturated carbocycles. The average molecular weight is 1360 g/mol. The van der Waals surface area contributed by atoms with Gasteiger partial charge in [-0.1, -0.05) is 171 Å².